The highest BCUT2D eigenvalue weighted by Crippen LogP contribution is 2.26. The second kappa shape index (κ2) is 17.0. The molecule has 10 nitrogen and oxygen atoms in total. The summed E-state index contributed by atoms with van der Waals surface area (Å²) in [5, 5.41) is 0.800. The van der Waals surface area contributed by atoms with Gasteiger partial charge in [0, 0.05) is 96.4 Å². The molecule has 0 radical (unpaired) electrons. The summed E-state index contributed by atoms with van der Waals surface area (Å²) < 4.78 is 7.53. The van der Waals surface area contributed by atoms with Crippen molar-refractivity contribution >= 4 is 23.0 Å². The van der Waals surface area contributed by atoms with Crippen LogP contribution in [0.25, 0.3) is 11.4 Å². The molecular weight excluding hydrogens is 708 g/mol. The predicted octanol–water partition coefficient (Wildman–Crippen LogP) is 6.27. The van der Waals surface area contributed by atoms with Crippen LogP contribution in [0.4, 0.5) is 11.4 Å². The average Bonchev–Trinajstić information content (AvgIpc) is 3.57. The first-order valence-corrected chi connectivity index (χ1v) is 19.5. The molecule has 6 aromatic rings. The zero-order chi connectivity index (χ0) is 38.5. The van der Waals surface area contributed by atoms with Gasteiger partial charge < -0.3 is 9.80 Å². The van der Waals surface area contributed by atoms with Crippen LogP contribution in [0, 0.1) is 13.8 Å². The fourth-order valence-electron chi connectivity index (χ4n) is 7.81. The van der Waals surface area contributed by atoms with Gasteiger partial charge in [0.2, 0.25) is 0 Å². The first-order valence-electron chi connectivity index (χ1n) is 19.1. The van der Waals surface area contributed by atoms with Crippen molar-refractivity contribution in [1.29, 1.82) is 0 Å². The Bertz CT molecular complexity index is 2300. The molecule has 0 aliphatic carbocycles. The van der Waals surface area contributed by atoms with Gasteiger partial charge in [-0.1, -0.05) is 78.3 Å². The SMILES string of the molecule is Cc1c(CN2CCN(c3ccccc3)CC2)n(C)n(-c2ccccc2)c1=O.Cc1c(CN2CCN(c3ccccc3Cl)CC2)n(C)n(-c2ccccc2)c1=O. The molecule has 0 saturated carbocycles. The van der Waals surface area contributed by atoms with Gasteiger partial charge in [0.1, 0.15) is 0 Å². The van der Waals surface area contributed by atoms with E-state index < -0.39 is 0 Å². The smallest absolute Gasteiger partial charge is 0.274 e. The summed E-state index contributed by atoms with van der Waals surface area (Å²) in [5.74, 6) is 0. The van der Waals surface area contributed by atoms with Crippen molar-refractivity contribution in [2.24, 2.45) is 14.1 Å². The molecule has 55 heavy (non-hydrogen) atoms. The highest BCUT2D eigenvalue weighted by molar-refractivity contribution is 6.33. The molecule has 0 bridgehead atoms. The molecule has 0 atom stereocenters. The molecule has 0 spiro atoms. The number of hydrogen-bond donors (Lipinski definition) is 0. The summed E-state index contributed by atoms with van der Waals surface area (Å²) in [6, 6.07) is 38.2. The summed E-state index contributed by atoms with van der Waals surface area (Å²) in [4.78, 5) is 35.2. The number of rotatable bonds is 8. The van der Waals surface area contributed by atoms with Crippen molar-refractivity contribution in [3.05, 3.63) is 164 Å². The Labute approximate surface area is 328 Å². The largest absolute Gasteiger partial charge is 0.369 e. The topological polar surface area (TPSA) is 66.8 Å². The molecule has 4 heterocycles. The monoisotopic (exact) mass is 758 g/mol. The van der Waals surface area contributed by atoms with Crippen LogP contribution in [0.1, 0.15) is 22.5 Å². The van der Waals surface area contributed by atoms with Crippen molar-refractivity contribution in [3.63, 3.8) is 0 Å². The molecule has 2 aliphatic heterocycles. The average molecular weight is 759 g/mol. The summed E-state index contributed by atoms with van der Waals surface area (Å²) in [5.41, 5.74) is 8.14. The van der Waals surface area contributed by atoms with E-state index in [1.165, 1.54) is 5.69 Å². The van der Waals surface area contributed by atoms with Gasteiger partial charge in [-0.25, -0.2) is 9.36 Å². The predicted molar refractivity (Wildman–Crippen MR) is 224 cm³/mol. The van der Waals surface area contributed by atoms with Crippen LogP contribution in [-0.2, 0) is 27.2 Å². The number of anilines is 2. The lowest BCUT2D eigenvalue weighted by Gasteiger charge is -2.36. The van der Waals surface area contributed by atoms with E-state index in [9.17, 15) is 9.59 Å². The van der Waals surface area contributed by atoms with Crippen LogP contribution < -0.4 is 20.9 Å². The number of nitrogens with zero attached hydrogens (tertiary/aromatic N) is 8. The standard InChI is InChI=1S/C22H25ClN4O.C22H26N4O/c1-17-21(24(2)27(22(17)28)18-8-4-3-5-9-18)16-25-12-14-26(15-13-25)20-11-7-6-10-19(20)23;1-18-21(23(2)26(22(18)27)20-11-7-4-8-12-20)17-24-13-15-25(16-14-24)19-9-5-3-6-10-19/h3-11H,12-16H2,1-2H3;3-12H,13-17H2,1-2H3. The molecule has 8 rings (SSSR count). The van der Waals surface area contributed by atoms with Crippen molar-refractivity contribution in [2.75, 3.05) is 62.2 Å². The second-order valence-corrected chi connectivity index (χ2v) is 14.8. The summed E-state index contributed by atoms with van der Waals surface area (Å²) in [6.07, 6.45) is 0. The normalized spacial score (nSPS) is 15.2. The third-order valence-corrected chi connectivity index (χ3v) is 11.4. The number of benzene rings is 4. The highest BCUT2D eigenvalue weighted by Gasteiger charge is 2.24. The molecule has 2 saturated heterocycles. The summed E-state index contributed by atoms with van der Waals surface area (Å²) in [6.45, 7) is 13.2. The van der Waals surface area contributed by atoms with E-state index in [2.05, 4.69) is 56.0 Å². The second-order valence-electron chi connectivity index (χ2n) is 14.4. The summed E-state index contributed by atoms with van der Waals surface area (Å²) >= 11 is 6.35. The molecule has 0 amide bonds. The van der Waals surface area contributed by atoms with Crippen molar-refractivity contribution < 1.29 is 0 Å². The minimum Gasteiger partial charge on any atom is -0.369 e. The molecule has 0 N–H and O–H groups in total. The summed E-state index contributed by atoms with van der Waals surface area (Å²) in [7, 11) is 3.95. The lowest BCUT2D eigenvalue weighted by molar-refractivity contribution is 0.242. The third-order valence-electron chi connectivity index (χ3n) is 11.1. The molecule has 0 unspecified atom stereocenters. The first-order chi connectivity index (χ1) is 26.7. The quantitative estimate of drug-likeness (QED) is 0.183. The van der Waals surface area contributed by atoms with E-state index in [-0.39, 0.29) is 11.1 Å². The molecule has 286 valence electrons. The van der Waals surface area contributed by atoms with Gasteiger partial charge in [-0.3, -0.25) is 28.8 Å². The van der Waals surface area contributed by atoms with Crippen LogP contribution in [0.5, 0.6) is 0 Å². The number of aromatic nitrogens is 4. The fourth-order valence-corrected chi connectivity index (χ4v) is 8.06. The Morgan fingerprint density at radius 2 is 0.836 bits per heavy atom. The van der Waals surface area contributed by atoms with Gasteiger partial charge >= 0.3 is 0 Å². The number of hydrogen-bond acceptors (Lipinski definition) is 6. The molecule has 11 heteroatoms. The maximum absolute atomic E-state index is 12.8. The number of para-hydroxylation sites is 4. The molecular formula is C44H51ClN8O2. The Kier molecular flexibility index (Phi) is 11.8. The van der Waals surface area contributed by atoms with E-state index in [0.29, 0.717) is 0 Å². The van der Waals surface area contributed by atoms with Gasteiger partial charge in [0.15, 0.2) is 0 Å². The van der Waals surface area contributed by atoms with E-state index >= 15 is 0 Å². The zero-order valence-corrected chi connectivity index (χ0v) is 33.1. The van der Waals surface area contributed by atoms with Crippen LogP contribution >= 0.6 is 11.6 Å². The zero-order valence-electron chi connectivity index (χ0n) is 32.3. The van der Waals surface area contributed by atoms with E-state index in [1.54, 1.807) is 9.36 Å². The Balaban J connectivity index is 0.000000169. The maximum Gasteiger partial charge on any atom is 0.274 e. The maximum atomic E-state index is 12.8. The fraction of sp³-hybridized carbons (Fsp3) is 0.318. The highest BCUT2D eigenvalue weighted by atomic mass is 35.5. The van der Waals surface area contributed by atoms with Crippen molar-refractivity contribution in [2.45, 2.75) is 26.9 Å². The minimum absolute atomic E-state index is 0.0541. The number of piperazine rings is 2. The van der Waals surface area contributed by atoms with Crippen LogP contribution in [0.3, 0.4) is 0 Å². The van der Waals surface area contributed by atoms with E-state index in [4.69, 9.17) is 11.6 Å². The van der Waals surface area contributed by atoms with Gasteiger partial charge in [0.25, 0.3) is 11.1 Å². The van der Waals surface area contributed by atoms with Crippen molar-refractivity contribution in [1.82, 2.24) is 28.5 Å². The minimum atomic E-state index is 0.0541. The van der Waals surface area contributed by atoms with Crippen molar-refractivity contribution in [3.8, 4) is 11.4 Å². The van der Waals surface area contributed by atoms with Crippen LogP contribution in [-0.4, -0.2) is 80.9 Å². The Hall–Kier alpha value is -5.29. The lowest BCUT2D eigenvalue weighted by atomic mass is 10.2. The first kappa shape index (κ1) is 38.0. The van der Waals surface area contributed by atoms with E-state index in [1.807, 2.05) is 116 Å². The van der Waals surface area contributed by atoms with E-state index in [0.717, 1.165) is 110 Å². The third kappa shape index (κ3) is 8.22. The van der Waals surface area contributed by atoms with Gasteiger partial charge in [0.05, 0.1) is 33.5 Å². The molecule has 2 fully saturated rings. The number of halogens is 1. The molecule has 2 aromatic heterocycles. The lowest BCUT2D eigenvalue weighted by Crippen LogP contribution is -2.46. The van der Waals surface area contributed by atoms with Gasteiger partial charge in [-0.2, -0.15) is 0 Å². The van der Waals surface area contributed by atoms with Gasteiger partial charge in [-0.05, 0) is 62.4 Å². The Morgan fingerprint density at radius 1 is 0.473 bits per heavy atom. The van der Waals surface area contributed by atoms with Crippen LogP contribution in [0.15, 0.2) is 125 Å². The molecule has 4 aromatic carbocycles. The van der Waals surface area contributed by atoms with Gasteiger partial charge in [-0.15, -0.1) is 0 Å². The Morgan fingerprint density at radius 3 is 1.25 bits per heavy atom. The van der Waals surface area contributed by atoms with Crippen LogP contribution in [0.2, 0.25) is 5.02 Å². The molecule has 2 aliphatic rings.